The predicted molar refractivity (Wildman–Crippen MR) is 99.6 cm³/mol. The summed E-state index contributed by atoms with van der Waals surface area (Å²) >= 11 is 6.11. The summed E-state index contributed by atoms with van der Waals surface area (Å²) in [5.74, 6) is 0.656. The number of likely N-dealkylation sites (tertiary alicyclic amines) is 1. The van der Waals surface area contributed by atoms with Crippen molar-refractivity contribution in [2.24, 2.45) is 0 Å². The van der Waals surface area contributed by atoms with Crippen LogP contribution in [0.1, 0.15) is 23.2 Å². The first kappa shape index (κ1) is 17.5. The highest BCUT2D eigenvalue weighted by Crippen LogP contribution is 2.26. The van der Waals surface area contributed by atoms with Crippen LogP contribution in [-0.2, 0) is 0 Å². The number of hydrogen-bond donors (Lipinski definition) is 0. The Morgan fingerprint density at radius 3 is 2.96 bits per heavy atom. The molecule has 0 aliphatic carbocycles. The van der Waals surface area contributed by atoms with Crippen molar-refractivity contribution in [2.75, 3.05) is 32.1 Å². The number of amides is 1. The molecule has 2 heterocycles. The van der Waals surface area contributed by atoms with Gasteiger partial charge in [-0.15, -0.1) is 0 Å². The summed E-state index contributed by atoms with van der Waals surface area (Å²) < 4.78 is 5.99. The maximum Gasteiger partial charge on any atom is 0.254 e. The summed E-state index contributed by atoms with van der Waals surface area (Å²) in [6.07, 6.45) is 4.97. The summed E-state index contributed by atoms with van der Waals surface area (Å²) in [5.41, 5.74) is 1.72. The first-order chi connectivity index (χ1) is 12.0. The summed E-state index contributed by atoms with van der Waals surface area (Å²) in [7, 11) is 3.93. The highest BCUT2D eigenvalue weighted by molar-refractivity contribution is 6.31. The van der Waals surface area contributed by atoms with Gasteiger partial charge in [0.25, 0.3) is 5.91 Å². The normalized spacial score (nSPS) is 17.2. The van der Waals surface area contributed by atoms with E-state index in [1.54, 1.807) is 18.5 Å². The zero-order chi connectivity index (χ0) is 17.8. The van der Waals surface area contributed by atoms with Crippen LogP contribution in [-0.4, -0.2) is 49.1 Å². The smallest absolute Gasteiger partial charge is 0.254 e. The monoisotopic (exact) mass is 359 g/mol. The van der Waals surface area contributed by atoms with Gasteiger partial charge in [-0.05, 0) is 31.0 Å². The van der Waals surface area contributed by atoms with Gasteiger partial charge < -0.3 is 14.5 Å². The number of piperidine rings is 1. The van der Waals surface area contributed by atoms with E-state index in [1.807, 2.05) is 48.2 Å². The van der Waals surface area contributed by atoms with E-state index in [0.29, 0.717) is 22.9 Å². The summed E-state index contributed by atoms with van der Waals surface area (Å²) in [5, 5.41) is 0.490. The van der Waals surface area contributed by atoms with Crippen molar-refractivity contribution in [1.29, 1.82) is 0 Å². The molecule has 6 heteroatoms. The Bertz CT molecular complexity index is 751. The topological polar surface area (TPSA) is 45.7 Å². The van der Waals surface area contributed by atoms with Crippen molar-refractivity contribution >= 4 is 23.2 Å². The molecule has 0 bridgehead atoms. The van der Waals surface area contributed by atoms with E-state index in [9.17, 15) is 4.79 Å². The van der Waals surface area contributed by atoms with E-state index in [0.717, 1.165) is 25.1 Å². The van der Waals surface area contributed by atoms with E-state index >= 15 is 0 Å². The van der Waals surface area contributed by atoms with Crippen molar-refractivity contribution in [3.63, 3.8) is 0 Å². The minimum absolute atomic E-state index is 0.0397. The van der Waals surface area contributed by atoms with Crippen molar-refractivity contribution in [1.82, 2.24) is 9.88 Å². The molecule has 1 aromatic carbocycles. The third-order valence-electron chi connectivity index (χ3n) is 4.30. The quantitative estimate of drug-likeness (QED) is 0.838. The molecule has 1 atom stereocenters. The average Bonchev–Trinajstić information content (AvgIpc) is 2.63. The van der Waals surface area contributed by atoms with Crippen LogP contribution in [0.5, 0.6) is 5.75 Å². The fourth-order valence-electron chi connectivity index (χ4n) is 2.96. The number of carbonyl (C=O) groups is 1. The molecule has 1 saturated heterocycles. The van der Waals surface area contributed by atoms with Gasteiger partial charge in [0.05, 0.1) is 6.54 Å². The molecule has 25 heavy (non-hydrogen) atoms. The number of hydrogen-bond acceptors (Lipinski definition) is 4. The maximum atomic E-state index is 12.9. The number of pyridine rings is 1. The molecule has 1 aliphatic rings. The molecule has 1 fully saturated rings. The summed E-state index contributed by atoms with van der Waals surface area (Å²) in [6.45, 7) is 1.30. The second-order valence-electron chi connectivity index (χ2n) is 6.38. The van der Waals surface area contributed by atoms with Gasteiger partial charge in [0.1, 0.15) is 16.9 Å². The average molecular weight is 360 g/mol. The van der Waals surface area contributed by atoms with E-state index < -0.39 is 0 Å². The summed E-state index contributed by atoms with van der Waals surface area (Å²) in [4.78, 5) is 20.7. The van der Waals surface area contributed by atoms with Crippen LogP contribution in [0, 0.1) is 0 Å². The number of halogens is 1. The molecular weight excluding hydrogens is 338 g/mol. The molecule has 1 amide bonds. The Morgan fingerprint density at radius 2 is 2.20 bits per heavy atom. The van der Waals surface area contributed by atoms with Gasteiger partial charge in [0.15, 0.2) is 0 Å². The van der Waals surface area contributed by atoms with Gasteiger partial charge in [-0.1, -0.05) is 17.7 Å². The van der Waals surface area contributed by atoms with Gasteiger partial charge >= 0.3 is 0 Å². The van der Waals surface area contributed by atoms with Gasteiger partial charge in [-0.2, -0.15) is 0 Å². The molecule has 3 rings (SSSR count). The lowest BCUT2D eigenvalue weighted by Gasteiger charge is -2.33. The third kappa shape index (κ3) is 4.23. The molecule has 0 saturated carbocycles. The largest absolute Gasteiger partial charge is 0.487 e. The zero-order valence-corrected chi connectivity index (χ0v) is 15.2. The minimum atomic E-state index is -0.0605. The number of nitrogens with zero attached hydrogens (tertiary/aromatic N) is 3. The van der Waals surface area contributed by atoms with Crippen LogP contribution in [0.2, 0.25) is 5.02 Å². The lowest BCUT2D eigenvalue weighted by atomic mass is 10.1. The van der Waals surface area contributed by atoms with E-state index in [4.69, 9.17) is 16.3 Å². The van der Waals surface area contributed by atoms with Crippen LogP contribution in [0.3, 0.4) is 0 Å². The lowest BCUT2D eigenvalue weighted by Crippen LogP contribution is -2.44. The number of carbonyl (C=O) groups excluding carboxylic acids is 1. The number of anilines is 1. The third-order valence-corrected chi connectivity index (χ3v) is 4.59. The van der Waals surface area contributed by atoms with Gasteiger partial charge in [-0.3, -0.25) is 9.78 Å². The maximum absolute atomic E-state index is 12.9. The van der Waals surface area contributed by atoms with Gasteiger partial charge in [0, 0.05) is 50.4 Å². The zero-order valence-electron chi connectivity index (χ0n) is 14.5. The molecule has 5 nitrogen and oxygen atoms in total. The molecule has 0 N–H and O–H groups in total. The fraction of sp³-hybridized carbons (Fsp3) is 0.368. The standard InChI is InChI=1S/C19H22ClN3O2/c1-22(2)15-6-3-5-14(11-15)19(24)23-10-4-7-16(13-23)25-18-8-9-21-12-17(18)20/h3,5-6,8-9,11-12,16H,4,7,10,13H2,1-2H3. The molecule has 132 valence electrons. The van der Waals surface area contributed by atoms with Crippen molar-refractivity contribution in [3.05, 3.63) is 53.3 Å². The second-order valence-corrected chi connectivity index (χ2v) is 6.79. The molecule has 1 unspecified atom stereocenters. The Kier molecular flexibility index (Phi) is 5.43. The van der Waals surface area contributed by atoms with Crippen LogP contribution in [0.4, 0.5) is 5.69 Å². The Labute approximate surface area is 153 Å². The first-order valence-corrected chi connectivity index (χ1v) is 8.75. The van der Waals surface area contributed by atoms with Crippen LogP contribution in [0.15, 0.2) is 42.7 Å². The minimum Gasteiger partial charge on any atom is -0.487 e. The Balaban J connectivity index is 1.69. The van der Waals surface area contributed by atoms with Gasteiger partial charge in [0.2, 0.25) is 0 Å². The number of ether oxygens (including phenoxy) is 1. The van der Waals surface area contributed by atoms with E-state index in [-0.39, 0.29) is 12.0 Å². The number of benzene rings is 1. The number of rotatable bonds is 4. The number of aromatic nitrogens is 1. The van der Waals surface area contributed by atoms with Crippen molar-refractivity contribution in [3.8, 4) is 5.75 Å². The Morgan fingerprint density at radius 1 is 1.36 bits per heavy atom. The first-order valence-electron chi connectivity index (χ1n) is 8.37. The Hall–Kier alpha value is -2.27. The molecule has 1 aliphatic heterocycles. The molecule has 0 spiro atoms. The lowest BCUT2D eigenvalue weighted by molar-refractivity contribution is 0.0538. The highest BCUT2D eigenvalue weighted by Gasteiger charge is 2.26. The predicted octanol–water partition coefficient (Wildman–Crippen LogP) is 3.48. The highest BCUT2D eigenvalue weighted by atomic mass is 35.5. The van der Waals surface area contributed by atoms with Crippen LogP contribution < -0.4 is 9.64 Å². The molecule has 0 radical (unpaired) electrons. The van der Waals surface area contributed by atoms with E-state index in [1.165, 1.54) is 0 Å². The SMILES string of the molecule is CN(C)c1cccc(C(=O)N2CCCC(Oc3ccncc3Cl)C2)c1. The van der Waals surface area contributed by atoms with Crippen molar-refractivity contribution < 1.29 is 9.53 Å². The molecular formula is C19H22ClN3O2. The van der Waals surface area contributed by atoms with E-state index in [2.05, 4.69) is 4.98 Å². The summed E-state index contributed by atoms with van der Waals surface area (Å²) in [6, 6.07) is 9.44. The second kappa shape index (κ2) is 7.74. The fourth-order valence-corrected chi connectivity index (χ4v) is 3.12. The van der Waals surface area contributed by atoms with Crippen LogP contribution in [0.25, 0.3) is 0 Å². The van der Waals surface area contributed by atoms with Crippen molar-refractivity contribution in [2.45, 2.75) is 18.9 Å². The molecule has 1 aromatic heterocycles. The molecule has 2 aromatic rings. The van der Waals surface area contributed by atoms with Crippen LogP contribution >= 0.6 is 11.6 Å². The van der Waals surface area contributed by atoms with Gasteiger partial charge in [-0.25, -0.2) is 0 Å².